The van der Waals surface area contributed by atoms with E-state index >= 15 is 0 Å². The Bertz CT molecular complexity index is 843. The minimum absolute atomic E-state index is 0.0991. The quantitative estimate of drug-likeness (QED) is 0.664. The lowest BCUT2D eigenvalue weighted by atomic mass is 10.1. The molecule has 0 atom stereocenters. The van der Waals surface area contributed by atoms with Crippen LogP contribution >= 0.6 is 11.6 Å². The number of nitrogens with zero attached hydrogens (tertiary/aromatic N) is 1. The molecule has 1 aromatic heterocycles. The number of carbonyl (C=O) groups excluding carboxylic acids is 1. The van der Waals surface area contributed by atoms with Crippen molar-refractivity contribution in [1.29, 1.82) is 0 Å². The van der Waals surface area contributed by atoms with Crippen LogP contribution in [0.3, 0.4) is 0 Å². The fraction of sp³-hybridized carbons (Fsp3) is 0.111. The fourth-order valence-corrected chi connectivity index (χ4v) is 2.64. The van der Waals surface area contributed by atoms with Gasteiger partial charge in [0.25, 0.3) is 5.91 Å². The van der Waals surface area contributed by atoms with Gasteiger partial charge in [0.1, 0.15) is 0 Å². The Morgan fingerprint density at radius 1 is 1.17 bits per heavy atom. The number of rotatable bonds is 5. The summed E-state index contributed by atoms with van der Waals surface area (Å²) in [5.41, 5.74) is 3.40. The maximum atomic E-state index is 12.5. The van der Waals surface area contributed by atoms with Gasteiger partial charge in [0.15, 0.2) is 0 Å². The van der Waals surface area contributed by atoms with Crippen LogP contribution in [0.1, 0.15) is 15.9 Å². The number of nitrogens with one attached hydrogen (secondary N) is 2. The topological polar surface area (TPSA) is 78.0 Å². The van der Waals surface area contributed by atoms with Crippen LogP contribution in [0.4, 0.5) is 5.69 Å². The first kappa shape index (κ1) is 16.2. The molecule has 6 heteroatoms. The Hall–Kier alpha value is -2.63. The van der Waals surface area contributed by atoms with Crippen LogP contribution in [0, 0.1) is 0 Å². The molecule has 0 bridgehead atoms. The monoisotopic (exact) mass is 341 g/mol. The molecule has 1 heterocycles. The normalized spacial score (nSPS) is 10.6. The third-order valence-corrected chi connectivity index (χ3v) is 3.97. The molecule has 0 spiro atoms. The highest BCUT2D eigenvalue weighted by Gasteiger charge is 2.17. The molecule has 24 heavy (non-hydrogen) atoms. The highest BCUT2D eigenvalue weighted by Crippen LogP contribution is 2.28. The number of H-pyrrole nitrogens is 1. The van der Waals surface area contributed by atoms with Crippen molar-refractivity contribution < 1.29 is 9.90 Å². The van der Waals surface area contributed by atoms with Crippen LogP contribution in [-0.2, 0) is 6.42 Å². The summed E-state index contributed by atoms with van der Waals surface area (Å²) in [6, 6.07) is 14.6. The standard InChI is InChI=1S/C18H16ClN3O2/c19-16-4-2-1-3-14(16)17-15(11-20-22-17)18(24)21-13-7-5-12(6-8-13)9-10-23/h1-8,11,23H,9-10H2,(H,20,22)(H,21,24). The first-order valence-corrected chi connectivity index (χ1v) is 7.86. The molecule has 0 radical (unpaired) electrons. The Labute approximate surface area is 144 Å². The van der Waals surface area contributed by atoms with E-state index in [0.717, 1.165) is 11.1 Å². The van der Waals surface area contributed by atoms with E-state index in [9.17, 15) is 4.79 Å². The van der Waals surface area contributed by atoms with Gasteiger partial charge in [-0.1, -0.05) is 41.9 Å². The Morgan fingerprint density at radius 3 is 2.62 bits per heavy atom. The Balaban J connectivity index is 1.82. The van der Waals surface area contributed by atoms with Crippen LogP contribution in [0.25, 0.3) is 11.3 Å². The van der Waals surface area contributed by atoms with Crippen LogP contribution in [0.15, 0.2) is 54.7 Å². The van der Waals surface area contributed by atoms with Gasteiger partial charge in [0.05, 0.1) is 17.5 Å². The van der Waals surface area contributed by atoms with Gasteiger partial charge in [-0.05, 0) is 30.2 Å². The summed E-state index contributed by atoms with van der Waals surface area (Å²) in [6.07, 6.45) is 2.07. The number of anilines is 1. The number of aliphatic hydroxyl groups is 1. The van der Waals surface area contributed by atoms with E-state index in [1.165, 1.54) is 6.20 Å². The molecule has 1 amide bonds. The van der Waals surface area contributed by atoms with Crippen molar-refractivity contribution in [3.05, 3.63) is 70.9 Å². The van der Waals surface area contributed by atoms with Crippen LogP contribution < -0.4 is 5.32 Å². The summed E-state index contributed by atoms with van der Waals surface area (Å²) >= 11 is 6.20. The number of amides is 1. The molecule has 0 saturated heterocycles. The number of hydrogen-bond acceptors (Lipinski definition) is 3. The van der Waals surface area contributed by atoms with Crippen LogP contribution in [-0.4, -0.2) is 27.8 Å². The largest absolute Gasteiger partial charge is 0.396 e. The summed E-state index contributed by atoms with van der Waals surface area (Å²) < 4.78 is 0. The molecule has 3 rings (SSSR count). The first-order chi connectivity index (χ1) is 11.7. The number of carbonyl (C=O) groups is 1. The molecule has 5 nitrogen and oxygen atoms in total. The number of aliphatic hydroxyl groups excluding tert-OH is 1. The van der Waals surface area contributed by atoms with Gasteiger partial charge in [0.2, 0.25) is 0 Å². The number of benzene rings is 2. The van der Waals surface area contributed by atoms with E-state index in [1.807, 2.05) is 30.3 Å². The zero-order valence-corrected chi connectivity index (χ0v) is 13.5. The minimum atomic E-state index is -0.270. The van der Waals surface area contributed by atoms with Gasteiger partial charge in [-0.3, -0.25) is 9.89 Å². The number of aromatic nitrogens is 2. The molecular formula is C18H16ClN3O2. The fourth-order valence-electron chi connectivity index (χ4n) is 2.41. The number of halogens is 1. The second kappa shape index (κ2) is 7.29. The predicted octanol–water partition coefficient (Wildman–Crippen LogP) is 3.52. The lowest BCUT2D eigenvalue weighted by molar-refractivity contribution is 0.102. The molecular weight excluding hydrogens is 326 g/mol. The highest BCUT2D eigenvalue weighted by molar-refractivity contribution is 6.33. The van der Waals surface area contributed by atoms with Gasteiger partial charge < -0.3 is 10.4 Å². The summed E-state index contributed by atoms with van der Waals surface area (Å²) in [7, 11) is 0. The average Bonchev–Trinajstić information content (AvgIpc) is 3.07. The van der Waals surface area contributed by atoms with E-state index in [1.54, 1.807) is 18.2 Å². The van der Waals surface area contributed by atoms with E-state index in [2.05, 4.69) is 15.5 Å². The number of hydrogen-bond donors (Lipinski definition) is 3. The van der Waals surface area contributed by atoms with Gasteiger partial charge in [0, 0.05) is 22.9 Å². The average molecular weight is 342 g/mol. The molecule has 122 valence electrons. The molecule has 0 aliphatic carbocycles. The van der Waals surface area contributed by atoms with Gasteiger partial charge in [-0.15, -0.1) is 0 Å². The SMILES string of the molecule is O=C(Nc1ccc(CCO)cc1)c1cn[nH]c1-c1ccccc1Cl. The summed E-state index contributed by atoms with van der Waals surface area (Å²) in [5, 5.41) is 19.1. The van der Waals surface area contributed by atoms with Crippen LogP contribution in [0.2, 0.25) is 5.02 Å². The van der Waals surface area contributed by atoms with E-state index in [0.29, 0.717) is 28.4 Å². The molecule has 0 saturated carbocycles. The Morgan fingerprint density at radius 2 is 1.92 bits per heavy atom. The molecule has 0 aliphatic heterocycles. The lowest BCUT2D eigenvalue weighted by Gasteiger charge is -2.08. The maximum absolute atomic E-state index is 12.5. The molecule has 0 fully saturated rings. The Kier molecular flexibility index (Phi) is 4.93. The molecule has 3 N–H and O–H groups in total. The third-order valence-electron chi connectivity index (χ3n) is 3.64. The van der Waals surface area contributed by atoms with Crippen molar-refractivity contribution in [2.45, 2.75) is 6.42 Å². The summed E-state index contributed by atoms with van der Waals surface area (Å²) in [4.78, 5) is 12.5. The molecule has 0 aliphatic rings. The van der Waals surface area contributed by atoms with Gasteiger partial charge in [-0.2, -0.15) is 5.10 Å². The number of aromatic amines is 1. The molecule has 2 aromatic carbocycles. The molecule has 3 aromatic rings. The van der Waals surface area contributed by atoms with Crippen molar-refractivity contribution in [2.75, 3.05) is 11.9 Å². The van der Waals surface area contributed by atoms with E-state index < -0.39 is 0 Å². The molecule has 0 unspecified atom stereocenters. The van der Waals surface area contributed by atoms with Gasteiger partial charge >= 0.3 is 0 Å². The summed E-state index contributed by atoms with van der Waals surface area (Å²) in [5.74, 6) is -0.270. The lowest BCUT2D eigenvalue weighted by Crippen LogP contribution is -2.12. The highest BCUT2D eigenvalue weighted by atomic mass is 35.5. The van der Waals surface area contributed by atoms with Crippen molar-refractivity contribution in [2.24, 2.45) is 0 Å². The second-order valence-corrected chi connectivity index (χ2v) is 5.67. The van der Waals surface area contributed by atoms with Crippen molar-refractivity contribution >= 4 is 23.2 Å². The van der Waals surface area contributed by atoms with Crippen molar-refractivity contribution in [3.63, 3.8) is 0 Å². The van der Waals surface area contributed by atoms with Crippen molar-refractivity contribution in [1.82, 2.24) is 10.2 Å². The second-order valence-electron chi connectivity index (χ2n) is 5.26. The zero-order valence-electron chi connectivity index (χ0n) is 12.8. The predicted molar refractivity (Wildman–Crippen MR) is 94.2 cm³/mol. The third kappa shape index (κ3) is 3.48. The summed E-state index contributed by atoms with van der Waals surface area (Å²) in [6.45, 7) is 0.0991. The minimum Gasteiger partial charge on any atom is -0.396 e. The first-order valence-electron chi connectivity index (χ1n) is 7.48. The maximum Gasteiger partial charge on any atom is 0.259 e. The van der Waals surface area contributed by atoms with Crippen molar-refractivity contribution in [3.8, 4) is 11.3 Å². The van der Waals surface area contributed by atoms with E-state index in [-0.39, 0.29) is 12.5 Å². The zero-order chi connectivity index (χ0) is 16.9. The van der Waals surface area contributed by atoms with Gasteiger partial charge in [-0.25, -0.2) is 0 Å². The van der Waals surface area contributed by atoms with E-state index in [4.69, 9.17) is 16.7 Å². The smallest absolute Gasteiger partial charge is 0.259 e. The van der Waals surface area contributed by atoms with Crippen LogP contribution in [0.5, 0.6) is 0 Å².